The van der Waals surface area contributed by atoms with Crippen LogP contribution in [0.2, 0.25) is 0 Å². The third-order valence-corrected chi connectivity index (χ3v) is 1.77. The zero-order valence-corrected chi connectivity index (χ0v) is 5.65. The molecule has 0 amide bonds. The second-order valence-corrected chi connectivity index (χ2v) is 2.38. The van der Waals surface area contributed by atoms with Crippen LogP contribution in [0.1, 0.15) is 20.3 Å². The van der Waals surface area contributed by atoms with Gasteiger partial charge in [-0.25, -0.2) is 0 Å². The quantitative estimate of drug-likeness (QED) is 0.522. The van der Waals surface area contributed by atoms with E-state index in [4.69, 9.17) is 5.11 Å². The normalized spacial score (nSPS) is 18.9. The molecule has 1 N–H and O–H groups in total. The molecule has 0 fully saturated rings. The number of rotatable bonds is 2. The Bertz CT molecular complexity index is 45.3. The summed E-state index contributed by atoms with van der Waals surface area (Å²) in [5, 5.41) is 8.90. The Morgan fingerprint density at radius 2 is 2.14 bits per heavy atom. The molecule has 0 rings (SSSR count). The number of hydrogen-bond donors (Lipinski definition) is 2. The molecule has 0 bridgehead atoms. The van der Waals surface area contributed by atoms with Crippen molar-refractivity contribution in [1.82, 2.24) is 0 Å². The van der Waals surface area contributed by atoms with E-state index in [-0.39, 0.29) is 11.4 Å². The highest BCUT2D eigenvalue weighted by molar-refractivity contribution is 7.81. The summed E-state index contributed by atoms with van der Waals surface area (Å²) in [4.78, 5) is 0. The minimum Gasteiger partial charge on any atom is -0.392 e. The Labute approximate surface area is 50.1 Å². The summed E-state index contributed by atoms with van der Waals surface area (Å²) >= 11 is 4.07. The molecular weight excluding hydrogens is 108 g/mol. The van der Waals surface area contributed by atoms with Gasteiger partial charge in [0, 0.05) is 5.25 Å². The van der Waals surface area contributed by atoms with E-state index in [1.165, 1.54) is 0 Å². The van der Waals surface area contributed by atoms with Crippen LogP contribution in [0.3, 0.4) is 0 Å². The van der Waals surface area contributed by atoms with Crippen molar-refractivity contribution in [2.75, 3.05) is 0 Å². The number of hydrogen-bond acceptors (Lipinski definition) is 2. The van der Waals surface area contributed by atoms with Crippen LogP contribution in [-0.2, 0) is 0 Å². The molecule has 0 aromatic heterocycles. The minimum atomic E-state index is -0.270. The van der Waals surface area contributed by atoms with Crippen LogP contribution in [0.5, 0.6) is 0 Å². The molecule has 0 saturated carbocycles. The number of thiol groups is 1. The Morgan fingerprint density at radius 3 is 2.14 bits per heavy atom. The van der Waals surface area contributed by atoms with Crippen molar-refractivity contribution >= 4 is 12.6 Å². The minimum absolute atomic E-state index is 0.153. The zero-order chi connectivity index (χ0) is 5.86. The molecule has 0 saturated heterocycles. The standard InChI is InChI=1S/C5H12OS/c1-3-5(7)4(2)6/h4-7H,3H2,1-2H3. The fraction of sp³-hybridized carbons (Fsp3) is 1.00. The molecule has 0 aliphatic rings. The summed E-state index contributed by atoms with van der Waals surface area (Å²) in [5.41, 5.74) is 0. The molecule has 0 heterocycles. The van der Waals surface area contributed by atoms with Crippen molar-refractivity contribution in [3.8, 4) is 0 Å². The largest absolute Gasteiger partial charge is 0.392 e. The molecule has 0 aliphatic carbocycles. The first-order chi connectivity index (χ1) is 3.18. The molecular formula is C5H12OS. The summed E-state index contributed by atoms with van der Waals surface area (Å²) in [5.74, 6) is 0. The van der Waals surface area contributed by atoms with Crippen LogP contribution in [0.25, 0.3) is 0 Å². The third kappa shape index (κ3) is 2.94. The highest BCUT2D eigenvalue weighted by Gasteiger charge is 2.04. The van der Waals surface area contributed by atoms with E-state index < -0.39 is 0 Å². The lowest BCUT2D eigenvalue weighted by molar-refractivity contribution is 0.190. The van der Waals surface area contributed by atoms with E-state index in [9.17, 15) is 0 Å². The number of aliphatic hydroxyl groups excluding tert-OH is 1. The molecule has 2 unspecified atom stereocenters. The van der Waals surface area contributed by atoms with Gasteiger partial charge in [-0.2, -0.15) is 12.6 Å². The van der Waals surface area contributed by atoms with E-state index in [0.717, 1.165) is 6.42 Å². The van der Waals surface area contributed by atoms with Gasteiger partial charge in [-0.3, -0.25) is 0 Å². The van der Waals surface area contributed by atoms with Crippen LogP contribution in [0.15, 0.2) is 0 Å². The lowest BCUT2D eigenvalue weighted by atomic mass is 10.2. The molecule has 2 atom stereocenters. The smallest absolute Gasteiger partial charge is 0.0628 e. The monoisotopic (exact) mass is 120 g/mol. The number of aliphatic hydroxyl groups is 1. The second-order valence-electron chi connectivity index (χ2n) is 1.72. The maximum atomic E-state index is 8.74. The summed E-state index contributed by atoms with van der Waals surface area (Å²) in [7, 11) is 0. The molecule has 0 aromatic carbocycles. The van der Waals surface area contributed by atoms with Gasteiger partial charge in [0.05, 0.1) is 6.10 Å². The molecule has 7 heavy (non-hydrogen) atoms. The molecule has 44 valence electrons. The average molecular weight is 120 g/mol. The van der Waals surface area contributed by atoms with Crippen LogP contribution < -0.4 is 0 Å². The van der Waals surface area contributed by atoms with Crippen molar-refractivity contribution in [2.24, 2.45) is 0 Å². The lowest BCUT2D eigenvalue weighted by Crippen LogP contribution is -2.14. The van der Waals surface area contributed by atoms with Crippen molar-refractivity contribution in [3.63, 3.8) is 0 Å². The predicted molar refractivity (Wildman–Crippen MR) is 34.7 cm³/mol. The van der Waals surface area contributed by atoms with Gasteiger partial charge < -0.3 is 5.11 Å². The Kier molecular flexibility index (Phi) is 3.48. The van der Waals surface area contributed by atoms with Crippen molar-refractivity contribution < 1.29 is 5.11 Å². The van der Waals surface area contributed by atoms with E-state index in [1.54, 1.807) is 6.92 Å². The van der Waals surface area contributed by atoms with Crippen LogP contribution in [0, 0.1) is 0 Å². The van der Waals surface area contributed by atoms with Crippen LogP contribution >= 0.6 is 12.6 Å². The molecule has 1 nitrogen and oxygen atoms in total. The van der Waals surface area contributed by atoms with Crippen LogP contribution in [0.4, 0.5) is 0 Å². The van der Waals surface area contributed by atoms with Crippen LogP contribution in [-0.4, -0.2) is 16.5 Å². The first kappa shape index (κ1) is 7.31. The fourth-order valence-corrected chi connectivity index (χ4v) is 0.341. The molecule has 0 aliphatic heterocycles. The maximum Gasteiger partial charge on any atom is 0.0628 e. The van der Waals surface area contributed by atoms with Crippen molar-refractivity contribution in [2.45, 2.75) is 31.6 Å². The van der Waals surface area contributed by atoms with Gasteiger partial charge in [-0.1, -0.05) is 6.92 Å². The molecule has 0 radical (unpaired) electrons. The van der Waals surface area contributed by atoms with E-state index in [2.05, 4.69) is 12.6 Å². The molecule has 0 spiro atoms. The van der Waals surface area contributed by atoms with E-state index >= 15 is 0 Å². The molecule has 0 aromatic rings. The summed E-state index contributed by atoms with van der Waals surface area (Å²) < 4.78 is 0. The fourth-order valence-electron chi connectivity index (χ4n) is 0.341. The van der Waals surface area contributed by atoms with Gasteiger partial charge in [0.15, 0.2) is 0 Å². The van der Waals surface area contributed by atoms with E-state index in [0.29, 0.717) is 0 Å². The summed E-state index contributed by atoms with van der Waals surface area (Å²) in [6, 6.07) is 0. The van der Waals surface area contributed by atoms with Gasteiger partial charge in [0.1, 0.15) is 0 Å². The van der Waals surface area contributed by atoms with E-state index in [1.807, 2.05) is 6.92 Å². The average Bonchev–Trinajstić information content (AvgIpc) is 1.65. The first-order valence-corrected chi connectivity index (χ1v) is 3.06. The SMILES string of the molecule is CCC(S)C(C)O. The second kappa shape index (κ2) is 3.33. The topological polar surface area (TPSA) is 20.2 Å². The highest BCUT2D eigenvalue weighted by Crippen LogP contribution is 2.04. The Morgan fingerprint density at radius 1 is 1.71 bits per heavy atom. The van der Waals surface area contributed by atoms with Gasteiger partial charge >= 0.3 is 0 Å². The summed E-state index contributed by atoms with van der Waals surface area (Å²) in [6.07, 6.45) is 0.661. The summed E-state index contributed by atoms with van der Waals surface area (Å²) in [6.45, 7) is 3.76. The van der Waals surface area contributed by atoms with Gasteiger partial charge in [0.2, 0.25) is 0 Å². The zero-order valence-electron chi connectivity index (χ0n) is 4.76. The third-order valence-electron chi connectivity index (χ3n) is 0.975. The van der Waals surface area contributed by atoms with Gasteiger partial charge in [-0.05, 0) is 13.3 Å². The highest BCUT2D eigenvalue weighted by atomic mass is 32.1. The Hall–Kier alpha value is 0.310. The van der Waals surface area contributed by atoms with Crippen molar-refractivity contribution in [3.05, 3.63) is 0 Å². The first-order valence-electron chi connectivity index (χ1n) is 2.54. The maximum absolute atomic E-state index is 8.74. The van der Waals surface area contributed by atoms with Gasteiger partial charge in [-0.15, -0.1) is 0 Å². The Balaban J connectivity index is 3.14. The van der Waals surface area contributed by atoms with Gasteiger partial charge in [0.25, 0.3) is 0 Å². The van der Waals surface area contributed by atoms with Crippen molar-refractivity contribution in [1.29, 1.82) is 0 Å². The molecule has 2 heteroatoms. The lowest BCUT2D eigenvalue weighted by Gasteiger charge is -2.08. The predicted octanol–water partition coefficient (Wildman–Crippen LogP) is 1.08.